The van der Waals surface area contributed by atoms with Crippen molar-refractivity contribution in [2.24, 2.45) is 0 Å². The molecule has 0 amide bonds. The van der Waals surface area contributed by atoms with Crippen LogP contribution in [0.1, 0.15) is 181 Å². The smallest absolute Gasteiger partial charge is 0.306 e. The number of likely N-dealkylation sites (N-methyl/N-ethyl adjacent to an activating group) is 1. The summed E-state index contributed by atoms with van der Waals surface area (Å²) in [4.78, 5) is 37.5. The molecule has 0 radical (unpaired) electrons. The van der Waals surface area contributed by atoms with Gasteiger partial charge in [0.05, 0.1) is 27.7 Å². The van der Waals surface area contributed by atoms with Crippen molar-refractivity contribution in [1.29, 1.82) is 0 Å². The summed E-state index contributed by atoms with van der Waals surface area (Å²) in [6.45, 7) is 3.99. The first-order valence-corrected chi connectivity index (χ1v) is 25.2. The summed E-state index contributed by atoms with van der Waals surface area (Å²) in [7, 11) is 1.11. The Morgan fingerprint density at radius 3 is 1.50 bits per heavy atom. The molecule has 0 rings (SSSR count). The third-order valence-corrected chi connectivity index (χ3v) is 10.8. The molecule has 0 saturated carbocycles. The largest absolute Gasteiger partial charge is 0.756 e. The zero-order valence-electron chi connectivity index (χ0n) is 38.9. The number of ether oxygens (including phenoxy) is 2. The molecule has 0 aliphatic rings. The third kappa shape index (κ3) is 45.0. The van der Waals surface area contributed by atoms with Gasteiger partial charge >= 0.3 is 11.9 Å². The van der Waals surface area contributed by atoms with Crippen LogP contribution in [0.4, 0.5) is 0 Å². The van der Waals surface area contributed by atoms with E-state index in [0.29, 0.717) is 30.3 Å². The number of allylic oxidation sites excluding steroid dienone is 12. The lowest BCUT2D eigenvalue weighted by atomic mass is 10.0. The van der Waals surface area contributed by atoms with Crippen molar-refractivity contribution in [2.45, 2.75) is 187 Å². The van der Waals surface area contributed by atoms with Gasteiger partial charge in [-0.2, -0.15) is 0 Å². The second-order valence-corrected chi connectivity index (χ2v) is 18.3. The lowest BCUT2D eigenvalue weighted by Gasteiger charge is -2.28. The molecule has 0 saturated heterocycles. The minimum absolute atomic E-state index is 0.0483. The summed E-state index contributed by atoms with van der Waals surface area (Å²) < 4.78 is 33.8. The van der Waals surface area contributed by atoms with E-state index in [9.17, 15) is 19.0 Å². The van der Waals surface area contributed by atoms with Crippen LogP contribution in [0, 0.1) is 0 Å². The number of esters is 2. The van der Waals surface area contributed by atoms with Crippen molar-refractivity contribution in [2.75, 3.05) is 47.5 Å². The van der Waals surface area contributed by atoms with E-state index in [1.54, 1.807) is 0 Å². The first-order chi connectivity index (χ1) is 29.0. The monoisotopic (exact) mass is 862 g/mol. The van der Waals surface area contributed by atoms with Crippen molar-refractivity contribution in [3.63, 3.8) is 0 Å². The van der Waals surface area contributed by atoms with Gasteiger partial charge in [0.15, 0.2) is 6.10 Å². The first kappa shape index (κ1) is 57.4. The van der Waals surface area contributed by atoms with Crippen LogP contribution in [0.15, 0.2) is 72.9 Å². The third-order valence-electron chi connectivity index (χ3n) is 9.84. The van der Waals surface area contributed by atoms with Gasteiger partial charge in [0.2, 0.25) is 0 Å². The molecule has 0 aliphatic heterocycles. The van der Waals surface area contributed by atoms with Crippen molar-refractivity contribution >= 4 is 19.8 Å². The molecule has 0 heterocycles. The van der Waals surface area contributed by atoms with Gasteiger partial charge in [-0.3, -0.25) is 14.2 Å². The number of rotatable bonds is 42. The lowest BCUT2D eigenvalue weighted by molar-refractivity contribution is -0.870. The van der Waals surface area contributed by atoms with Crippen LogP contribution in [-0.4, -0.2) is 70.0 Å². The zero-order valence-corrected chi connectivity index (χ0v) is 39.8. The van der Waals surface area contributed by atoms with Crippen molar-refractivity contribution in [3.8, 4) is 0 Å². The number of phosphoric ester groups is 1. The van der Waals surface area contributed by atoms with Crippen LogP contribution < -0.4 is 4.89 Å². The molecule has 60 heavy (non-hydrogen) atoms. The number of carbonyl (C=O) groups excluding carboxylic acids is 2. The van der Waals surface area contributed by atoms with Gasteiger partial charge in [0.25, 0.3) is 7.82 Å². The average Bonchev–Trinajstić information content (AvgIpc) is 3.20. The highest BCUT2D eigenvalue weighted by molar-refractivity contribution is 7.45. The van der Waals surface area contributed by atoms with Crippen LogP contribution in [0.2, 0.25) is 0 Å². The molecule has 0 aromatic heterocycles. The SMILES string of the molecule is CC/C=C/C=C/C=C/C=C/C=C/CCCC(=O)OC(COC(=O)CCCCCCCCC/C=C/CCCCCCCCCCCCCC)COP(=O)([O-])OCC[N+](C)(C)C. The standard InChI is InChI=1S/C50H88NO8P/c1-6-8-10-12-14-16-18-20-21-22-23-24-25-26-27-28-29-31-32-34-36-38-40-42-49(52)56-46-48(47-58-60(54,55)57-45-44-51(3,4)5)59-50(53)43-41-39-37-35-33-30-19-17-15-13-11-9-7-2/h9,11,13,15,17,19,26-27,30,33,35,37,48H,6-8,10,12,14,16,18,20-25,28-29,31-32,34,36,38-47H2,1-5H3/b11-9+,15-13+,19-17+,27-26+,33-30+,37-35+. The maximum atomic E-state index is 12.6. The highest BCUT2D eigenvalue weighted by Gasteiger charge is 2.21. The Morgan fingerprint density at radius 1 is 0.533 bits per heavy atom. The molecular weight excluding hydrogens is 774 g/mol. The molecule has 0 aliphatic carbocycles. The van der Waals surface area contributed by atoms with Crippen LogP contribution in [0.5, 0.6) is 0 Å². The van der Waals surface area contributed by atoms with E-state index in [2.05, 4.69) is 32.1 Å². The Bertz CT molecular complexity index is 1250. The summed E-state index contributed by atoms with van der Waals surface area (Å²) >= 11 is 0. The molecule has 9 nitrogen and oxygen atoms in total. The number of quaternary nitrogens is 1. The van der Waals surface area contributed by atoms with E-state index in [0.717, 1.165) is 32.1 Å². The van der Waals surface area contributed by atoms with Crippen molar-refractivity contribution < 1.29 is 42.1 Å². The van der Waals surface area contributed by atoms with E-state index in [-0.39, 0.29) is 26.1 Å². The summed E-state index contributed by atoms with van der Waals surface area (Å²) in [6.07, 6.45) is 52.5. The highest BCUT2D eigenvalue weighted by Crippen LogP contribution is 2.38. The molecule has 0 fully saturated rings. The van der Waals surface area contributed by atoms with Gasteiger partial charge < -0.3 is 27.9 Å². The van der Waals surface area contributed by atoms with Crippen LogP contribution in [0.25, 0.3) is 0 Å². The van der Waals surface area contributed by atoms with Crippen LogP contribution >= 0.6 is 7.82 Å². The van der Waals surface area contributed by atoms with Gasteiger partial charge in [0, 0.05) is 12.8 Å². The minimum Gasteiger partial charge on any atom is -0.756 e. The molecule has 0 spiro atoms. The topological polar surface area (TPSA) is 111 Å². The van der Waals surface area contributed by atoms with Crippen molar-refractivity contribution in [1.82, 2.24) is 0 Å². The van der Waals surface area contributed by atoms with Crippen molar-refractivity contribution in [3.05, 3.63) is 72.9 Å². The number of hydrogen-bond acceptors (Lipinski definition) is 8. The van der Waals surface area contributed by atoms with E-state index < -0.39 is 32.5 Å². The van der Waals surface area contributed by atoms with Gasteiger partial charge in [-0.05, 0) is 51.4 Å². The summed E-state index contributed by atoms with van der Waals surface area (Å²) in [5.41, 5.74) is 0. The Labute approximate surface area is 368 Å². The zero-order chi connectivity index (χ0) is 44.3. The van der Waals surface area contributed by atoms with Crippen LogP contribution in [-0.2, 0) is 32.7 Å². The fourth-order valence-corrected chi connectivity index (χ4v) is 6.88. The predicted octanol–water partition coefficient (Wildman–Crippen LogP) is 13.2. The second-order valence-electron chi connectivity index (χ2n) is 16.9. The van der Waals surface area contributed by atoms with Crippen LogP contribution in [0.3, 0.4) is 0 Å². The first-order valence-electron chi connectivity index (χ1n) is 23.7. The predicted molar refractivity (Wildman–Crippen MR) is 249 cm³/mol. The van der Waals surface area contributed by atoms with E-state index in [4.69, 9.17) is 18.5 Å². The fraction of sp³-hybridized carbons (Fsp3) is 0.720. The van der Waals surface area contributed by atoms with E-state index in [1.165, 1.54) is 103 Å². The quantitative estimate of drug-likeness (QED) is 0.0149. The van der Waals surface area contributed by atoms with E-state index in [1.807, 2.05) is 75.8 Å². The molecule has 10 heteroatoms. The van der Waals surface area contributed by atoms with Gasteiger partial charge in [-0.15, -0.1) is 0 Å². The normalized spacial score (nSPS) is 14.2. The Hall–Kier alpha value is -2.55. The maximum absolute atomic E-state index is 12.6. The number of nitrogens with zero attached hydrogens (tertiary/aromatic N) is 1. The highest BCUT2D eigenvalue weighted by atomic mass is 31.2. The summed E-state index contributed by atoms with van der Waals surface area (Å²) in [6, 6.07) is 0. The fourth-order valence-electron chi connectivity index (χ4n) is 6.15. The maximum Gasteiger partial charge on any atom is 0.306 e. The van der Waals surface area contributed by atoms with E-state index >= 15 is 0 Å². The summed E-state index contributed by atoms with van der Waals surface area (Å²) in [5, 5.41) is 0. The molecule has 346 valence electrons. The molecule has 2 unspecified atom stereocenters. The molecule has 0 aromatic rings. The number of hydrogen-bond donors (Lipinski definition) is 0. The Kier molecular flexibility index (Phi) is 40.0. The number of phosphoric acid groups is 1. The minimum atomic E-state index is -4.65. The van der Waals surface area contributed by atoms with Gasteiger partial charge in [-0.1, -0.05) is 189 Å². The Morgan fingerprint density at radius 2 is 0.983 bits per heavy atom. The summed E-state index contributed by atoms with van der Waals surface area (Å²) in [5.74, 6) is -0.929. The van der Waals surface area contributed by atoms with Gasteiger partial charge in [0.1, 0.15) is 19.8 Å². The molecule has 0 bridgehead atoms. The molecule has 2 atom stereocenters. The lowest BCUT2D eigenvalue weighted by Crippen LogP contribution is -2.37. The number of carbonyl (C=O) groups is 2. The number of unbranched alkanes of at least 4 members (excludes halogenated alkanes) is 20. The Balaban J connectivity index is 4.30. The average molecular weight is 862 g/mol. The molecule has 0 aromatic carbocycles. The molecule has 0 N–H and O–H groups in total. The second kappa shape index (κ2) is 41.8. The molecular formula is C50H88NO8P. The van der Waals surface area contributed by atoms with Gasteiger partial charge in [-0.25, -0.2) is 0 Å².